The Labute approximate surface area is 170 Å². The molecule has 1 aliphatic rings. The van der Waals surface area contributed by atoms with Crippen molar-refractivity contribution >= 4 is 11.8 Å². The molecule has 1 heterocycles. The molecule has 1 fully saturated rings. The molecule has 1 N–H and O–H groups in total. The fourth-order valence-corrected chi connectivity index (χ4v) is 3.51. The number of carbonyl (C=O) groups excluding carboxylic acids is 1. The van der Waals surface area contributed by atoms with Crippen LogP contribution in [-0.2, 0) is 4.74 Å². The maximum absolute atomic E-state index is 12.3. The predicted octanol–water partition coefficient (Wildman–Crippen LogP) is 5.85. The van der Waals surface area contributed by atoms with Gasteiger partial charge >= 0.3 is 6.09 Å². The van der Waals surface area contributed by atoms with Gasteiger partial charge in [0.25, 0.3) is 0 Å². The van der Waals surface area contributed by atoms with Gasteiger partial charge in [0.1, 0.15) is 11.9 Å². The maximum Gasteiger partial charge on any atom is 0.412 e. The van der Waals surface area contributed by atoms with Gasteiger partial charge in [0.15, 0.2) is 0 Å². The van der Waals surface area contributed by atoms with Gasteiger partial charge in [-0.05, 0) is 44.4 Å². The van der Waals surface area contributed by atoms with Crippen molar-refractivity contribution in [1.29, 1.82) is 0 Å². The number of hydrogen-bond acceptors (Lipinski definition) is 4. The number of ether oxygens (including phenoxy) is 2. The third kappa shape index (κ3) is 8.51. The first kappa shape index (κ1) is 22.5. The summed E-state index contributed by atoms with van der Waals surface area (Å²) in [6, 6.07) is 7.58. The second-order valence-electron chi connectivity index (χ2n) is 7.68. The van der Waals surface area contributed by atoms with Gasteiger partial charge in [0.05, 0.1) is 12.3 Å². The first-order valence-electron chi connectivity index (χ1n) is 11.1. The summed E-state index contributed by atoms with van der Waals surface area (Å²) in [5, 5.41) is 2.86. The van der Waals surface area contributed by atoms with Crippen molar-refractivity contribution in [2.75, 3.05) is 31.6 Å². The van der Waals surface area contributed by atoms with Crippen molar-refractivity contribution in [2.24, 2.45) is 0 Å². The molecule has 2 rings (SSSR count). The van der Waals surface area contributed by atoms with Crippen LogP contribution in [0.25, 0.3) is 0 Å². The Bertz CT molecular complexity index is 557. The van der Waals surface area contributed by atoms with Crippen LogP contribution >= 0.6 is 0 Å². The van der Waals surface area contributed by atoms with Crippen LogP contribution in [0.1, 0.15) is 71.6 Å². The molecule has 1 saturated heterocycles. The molecule has 0 aliphatic carbocycles. The van der Waals surface area contributed by atoms with Gasteiger partial charge in [-0.15, -0.1) is 0 Å². The Hall–Kier alpha value is -1.75. The molecular weight excluding hydrogens is 352 g/mol. The van der Waals surface area contributed by atoms with E-state index in [0.29, 0.717) is 18.0 Å². The highest BCUT2D eigenvalue weighted by Gasteiger charge is 2.22. The molecule has 0 bridgehead atoms. The van der Waals surface area contributed by atoms with E-state index in [9.17, 15) is 4.79 Å². The van der Waals surface area contributed by atoms with Gasteiger partial charge in [-0.1, -0.05) is 58.1 Å². The van der Waals surface area contributed by atoms with Crippen LogP contribution in [-0.4, -0.2) is 43.3 Å². The van der Waals surface area contributed by atoms with Crippen molar-refractivity contribution in [3.8, 4) is 5.75 Å². The van der Waals surface area contributed by atoms with E-state index in [0.717, 1.165) is 38.9 Å². The zero-order valence-corrected chi connectivity index (χ0v) is 17.8. The Balaban J connectivity index is 1.72. The van der Waals surface area contributed by atoms with E-state index in [4.69, 9.17) is 9.47 Å². The molecule has 1 aromatic carbocycles. The van der Waals surface area contributed by atoms with Gasteiger partial charge in [0.2, 0.25) is 0 Å². The normalized spacial score (nSPS) is 15.4. The summed E-state index contributed by atoms with van der Waals surface area (Å²) in [4.78, 5) is 14.8. The predicted molar refractivity (Wildman–Crippen MR) is 115 cm³/mol. The lowest BCUT2D eigenvalue weighted by Gasteiger charge is -2.31. The van der Waals surface area contributed by atoms with Crippen molar-refractivity contribution in [1.82, 2.24) is 4.90 Å². The van der Waals surface area contributed by atoms with Crippen LogP contribution in [0, 0.1) is 0 Å². The maximum atomic E-state index is 12.3. The number of piperidine rings is 1. The highest BCUT2D eigenvalue weighted by Crippen LogP contribution is 2.25. The Morgan fingerprint density at radius 3 is 2.50 bits per heavy atom. The van der Waals surface area contributed by atoms with E-state index in [1.54, 1.807) is 0 Å². The number of hydrogen-bond donors (Lipinski definition) is 1. The summed E-state index contributed by atoms with van der Waals surface area (Å²) in [7, 11) is 0. The SMILES string of the molecule is CCCCCCCOc1ccccc1NC(=O)OC1CCN(CCCC)CC1. The molecule has 0 atom stereocenters. The number of para-hydroxylation sites is 2. The van der Waals surface area contributed by atoms with Crippen LogP contribution in [0.4, 0.5) is 10.5 Å². The summed E-state index contributed by atoms with van der Waals surface area (Å²) in [6.07, 6.45) is 9.90. The number of likely N-dealkylation sites (tertiary alicyclic amines) is 1. The van der Waals surface area contributed by atoms with Crippen LogP contribution in [0.2, 0.25) is 0 Å². The average Bonchev–Trinajstić information content (AvgIpc) is 2.71. The largest absolute Gasteiger partial charge is 0.491 e. The summed E-state index contributed by atoms with van der Waals surface area (Å²) in [6.45, 7) is 8.28. The molecule has 1 amide bonds. The molecule has 0 saturated carbocycles. The summed E-state index contributed by atoms with van der Waals surface area (Å²) in [5.41, 5.74) is 0.682. The average molecular weight is 391 g/mol. The van der Waals surface area contributed by atoms with Crippen molar-refractivity contribution in [3.05, 3.63) is 24.3 Å². The second kappa shape index (κ2) is 13.4. The Kier molecular flexibility index (Phi) is 10.8. The van der Waals surface area contributed by atoms with Crippen molar-refractivity contribution in [2.45, 2.75) is 77.7 Å². The monoisotopic (exact) mass is 390 g/mol. The molecule has 158 valence electrons. The van der Waals surface area contributed by atoms with Crippen molar-refractivity contribution < 1.29 is 14.3 Å². The third-order valence-electron chi connectivity index (χ3n) is 5.27. The molecule has 1 aromatic rings. The zero-order valence-electron chi connectivity index (χ0n) is 17.8. The topological polar surface area (TPSA) is 50.8 Å². The molecule has 5 heteroatoms. The molecule has 0 aromatic heterocycles. The number of anilines is 1. The number of benzene rings is 1. The molecule has 1 aliphatic heterocycles. The number of nitrogens with one attached hydrogen (secondary N) is 1. The molecule has 28 heavy (non-hydrogen) atoms. The lowest BCUT2D eigenvalue weighted by Crippen LogP contribution is -2.38. The Morgan fingerprint density at radius 2 is 1.75 bits per heavy atom. The van der Waals surface area contributed by atoms with Gasteiger partial charge in [0, 0.05) is 13.1 Å². The quantitative estimate of drug-likeness (QED) is 0.455. The number of amides is 1. The standard InChI is InChI=1S/C23H38N2O3/c1-3-5-7-8-11-19-27-22-13-10-9-12-21(22)24-23(26)28-20-14-17-25(18-15-20)16-6-4-2/h9-10,12-13,20H,3-8,11,14-19H2,1-2H3,(H,24,26). The fourth-order valence-electron chi connectivity index (χ4n) is 3.51. The smallest absolute Gasteiger partial charge is 0.412 e. The van der Waals surface area contributed by atoms with E-state index >= 15 is 0 Å². The first-order valence-corrected chi connectivity index (χ1v) is 11.1. The zero-order chi connectivity index (χ0) is 20.0. The van der Waals surface area contributed by atoms with E-state index < -0.39 is 0 Å². The third-order valence-corrected chi connectivity index (χ3v) is 5.27. The lowest BCUT2D eigenvalue weighted by molar-refractivity contribution is 0.0586. The van der Waals surface area contributed by atoms with E-state index in [1.165, 1.54) is 38.5 Å². The highest BCUT2D eigenvalue weighted by atomic mass is 16.6. The summed E-state index contributed by atoms with van der Waals surface area (Å²) in [5.74, 6) is 0.712. The number of unbranched alkanes of at least 4 members (excludes halogenated alkanes) is 5. The number of carbonyl (C=O) groups is 1. The molecule has 0 radical (unpaired) electrons. The van der Waals surface area contributed by atoms with Crippen LogP contribution in [0.3, 0.4) is 0 Å². The van der Waals surface area contributed by atoms with Crippen LogP contribution in [0.5, 0.6) is 5.75 Å². The van der Waals surface area contributed by atoms with Crippen LogP contribution < -0.4 is 10.1 Å². The molecular formula is C23H38N2O3. The summed E-state index contributed by atoms with van der Waals surface area (Å²) < 4.78 is 11.5. The van der Waals surface area contributed by atoms with E-state index in [1.807, 2.05) is 24.3 Å². The van der Waals surface area contributed by atoms with Gasteiger partial charge < -0.3 is 14.4 Å². The van der Waals surface area contributed by atoms with Crippen LogP contribution in [0.15, 0.2) is 24.3 Å². The molecule has 5 nitrogen and oxygen atoms in total. The minimum atomic E-state index is -0.383. The second-order valence-corrected chi connectivity index (χ2v) is 7.68. The minimum Gasteiger partial charge on any atom is -0.491 e. The van der Waals surface area contributed by atoms with E-state index in [-0.39, 0.29) is 12.2 Å². The van der Waals surface area contributed by atoms with Gasteiger partial charge in [-0.3, -0.25) is 5.32 Å². The number of rotatable bonds is 12. The van der Waals surface area contributed by atoms with Gasteiger partial charge in [-0.2, -0.15) is 0 Å². The van der Waals surface area contributed by atoms with Gasteiger partial charge in [-0.25, -0.2) is 4.79 Å². The first-order chi connectivity index (χ1) is 13.7. The highest BCUT2D eigenvalue weighted by molar-refractivity contribution is 5.86. The molecule has 0 unspecified atom stereocenters. The minimum absolute atomic E-state index is 0.00419. The number of nitrogens with zero attached hydrogens (tertiary/aromatic N) is 1. The summed E-state index contributed by atoms with van der Waals surface area (Å²) >= 11 is 0. The van der Waals surface area contributed by atoms with E-state index in [2.05, 4.69) is 24.1 Å². The lowest BCUT2D eigenvalue weighted by atomic mass is 10.1. The molecule has 0 spiro atoms. The Morgan fingerprint density at radius 1 is 1.04 bits per heavy atom. The van der Waals surface area contributed by atoms with Crippen molar-refractivity contribution in [3.63, 3.8) is 0 Å². The fraction of sp³-hybridized carbons (Fsp3) is 0.696.